The third-order valence-corrected chi connectivity index (χ3v) is 2.92. The summed E-state index contributed by atoms with van der Waals surface area (Å²) in [5, 5.41) is 2.37. The summed E-state index contributed by atoms with van der Waals surface area (Å²) in [4.78, 5) is 11.9. The fourth-order valence-corrected chi connectivity index (χ4v) is 1.71. The molecule has 98 valence electrons. The molecule has 19 heavy (non-hydrogen) atoms. The van der Waals surface area contributed by atoms with E-state index in [1.807, 2.05) is 0 Å². The lowest BCUT2D eigenvalue weighted by atomic mass is 10.1. The van der Waals surface area contributed by atoms with Crippen molar-refractivity contribution in [2.75, 3.05) is 5.32 Å². The summed E-state index contributed by atoms with van der Waals surface area (Å²) in [6, 6.07) is 8.35. The number of aryl methyl sites for hydroxylation is 1. The van der Waals surface area contributed by atoms with Crippen LogP contribution in [-0.2, 0) is 0 Å². The third-order valence-electron chi connectivity index (χ3n) is 2.61. The molecule has 2 aromatic rings. The van der Waals surface area contributed by atoms with Crippen LogP contribution in [0.2, 0.25) is 5.02 Å². The van der Waals surface area contributed by atoms with Crippen molar-refractivity contribution in [3.05, 3.63) is 64.2 Å². The van der Waals surface area contributed by atoms with Gasteiger partial charge in [0.05, 0.1) is 10.6 Å². The molecule has 1 amide bonds. The quantitative estimate of drug-likeness (QED) is 0.879. The first kappa shape index (κ1) is 13.5. The van der Waals surface area contributed by atoms with Crippen molar-refractivity contribution in [2.45, 2.75) is 6.92 Å². The van der Waals surface area contributed by atoms with Crippen LogP contribution in [0.5, 0.6) is 0 Å². The Morgan fingerprint density at radius 2 is 1.95 bits per heavy atom. The SMILES string of the molecule is Cc1cccc(C(=O)Nc2ccc(Cl)c(F)c2)c1F. The fraction of sp³-hybridized carbons (Fsp3) is 0.0714. The van der Waals surface area contributed by atoms with E-state index in [0.717, 1.165) is 6.07 Å². The summed E-state index contributed by atoms with van der Waals surface area (Å²) in [5.74, 6) is -1.87. The van der Waals surface area contributed by atoms with Crippen LogP contribution < -0.4 is 5.32 Å². The summed E-state index contributed by atoms with van der Waals surface area (Å²) in [6.45, 7) is 1.56. The predicted octanol–water partition coefficient (Wildman–Crippen LogP) is 4.18. The van der Waals surface area contributed by atoms with Crippen LogP contribution in [0.25, 0.3) is 0 Å². The molecule has 2 aromatic carbocycles. The van der Waals surface area contributed by atoms with Crippen LogP contribution in [-0.4, -0.2) is 5.91 Å². The summed E-state index contributed by atoms with van der Waals surface area (Å²) >= 11 is 5.53. The largest absolute Gasteiger partial charge is 0.322 e. The maximum Gasteiger partial charge on any atom is 0.258 e. The molecular weight excluding hydrogens is 272 g/mol. The predicted molar refractivity (Wildman–Crippen MR) is 70.5 cm³/mol. The van der Waals surface area contributed by atoms with Crippen LogP contribution in [0.3, 0.4) is 0 Å². The van der Waals surface area contributed by atoms with Gasteiger partial charge in [-0.25, -0.2) is 8.78 Å². The summed E-state index contributed by atoms with van der Waals surface area (Å²) in [5.41, 5.74) is 0.498. The van der Waals surface area contributed by atoms with Crippen molar-refractivity contribution >= 4 is 23.2 Å². The van der Waals surface area contributed by atoms with Crippen LogP contribution in [0.1, 0.15) is 15.9 Å². The van der Waals surface area contributed by atoms with E-state index >= 15 is 0 Å². The highest BCUT2D eigenvalue weighted by Gasteiger charge is 2.13. The van der Waals surface area contributed by atoms with Crippen molar-refractivity contribution in [2.24, 2.45) is 0 Å². The first-order chi connectivity index (χ1) is 8.99. The Morgan fingerprint density at radius 3 is 2.63 bits per heavy atom. The minimum atomic E-state index is -0.649. The molecule has 0 radical (unpaired) electrons. The Bertz CT molecular complexity index is 643. The molecule has 0 aliphatic rings. The van der Waals surface area contributed by atoms with E-state index in [9.17, 15) is 13.6 Å². The molecule has 0 fully saturated rings. The van der Waals surface area contributed by atoms with E-state index in [0.29, 0.717) is 5.56 Å². The fourth-order valence-electron chi connectivity index (χ4n) is 1.60. The molecule has 0 aliphatic carbocycles. The summed E-state index contributed by atoms with van der Waals surface area (Å²) < 4.78 is 27.0. The number of carbonyl (C=O) groups is 1. The van der Waals surface area contributed by atoms with E-state index in [2.05, 4.69) is 5.32 Å². The smallest absolute Gasteiger partial charge is 0.258 e. The van der Waals surface area contributed by atoms with Crippen LogP contribution in [0.15, 0.2) is 36.4 Å². The molecule has 0 spiro atoms. The van der Waals surface area contributed by atoms with Gasteiger partial charge >= 0.3 is 0 Å². The lowest BCUT2D eigenvalue weighted by molar-refractivity contribution is 0.102. The average Bonchev–Trinajstić information content (AvgIpc) is 2.37. The number of rotatable bonds is 2. The standard InChI is InChI=1S/C14H10ClF2NO/c1-8-3-2-4-10(13(8)17)14(19)18-9-5-6-11(15)12(16)7-9/h2-7H,1H3,(H,18,19). The van der Waals surface area contributed by atoms with Crippen molar-refractivity contribution < 1.29 is 13.6 Å². The van der Waals surface area contributed by atoms with Gasteiger partial charge in [-0.2, -0.15) is 0 Å². The van der Waals surface area contributed by atoms with Gasteiger partial charge in [-0.15, -0.1) is 0 Å². The van der Waals surface area contributed by atoms with Crippen molar-refractivity contribution in [3.8, 4) is 0 Å². The molecule has 0 saturated carbocycles. The molecule has 2 rings (SSSR count). The van der Waals surface area contributed by atoms with Gasteiger partial charge in [0.2, 0.25) is 0 Å². The average molecular weight is 282 g/mol. The lowest BCUT2D eigenvalue weighted by Gasteiger charge is -2.07. The first-order valence-corrected chi connectivity index (χ1v) is 5.88. The topological polar surface area (TPSA) is 29.1 Å². The monoisotopic (exact) mass is 281 g/mol. The Kier molecular flexibility index (Phi) is 3.81. The number of carbonyl (C=O) groups excluding carboxylic acids is 1. The zero-order chi connectivity index (χ0) is 14.0. The van der Waals surface area contributed by atoms with E-state index in [4.69, 9.17) is 11.6 Å². The van der Waals surface area contributed by atoms with Gasteiger partial charge in [0.1, 0.15) is 11.6 Å². The maximum absolute atomic E-state index is 13.7. The normalized spacial score (nSPS) is 10.3. The molecule has 0 unspecified atom stereocenters. The van der Waals surface area contributed by atoms with Crippen molar-refractivity contribution in [3.63, 3.8) is 0 Å². The number of benzene rings is 2. The number of anilines is 1. The van der Waals surface area contributed by atoms with Gasteiger partial charge in [-0.1, -0.05) is 23.7 Å². The third kappa shape index (κ3) is 2.90. The molecule has 2 nitrogen and oxygen atoms in total. The summed E-state index contributed by atoms with van der Waals surface area (Å²) in [6.07, 6.45) is 0. The van der Waals surface area contributed by atoms with Crippen molar-refractivity contribution in [1.82, 2.24) is 0 Å². The summed E-state index contributed by atoms with van der Waals surface area (Å²) in [7, 11) is 0. The molecule has 1 N–H and O–H groups in total. The van der Waals surface area contributed by atoms with Crippen LogP contribution in [0, 0.1) is 18.6 Å². The zero-order valence-electron chi connectivity index (χ0n) is 10.0. The molecule has 0 aromatic heterocycles. The highest BCUT2D eigenvalue weighted by molar-refractivity contribution is 6.30. The second-order valence-electron chi connectivity index (χ2n) is 4.02. The molecule has 0 aliphatic heterocycles. The van der Waals surface area contributed by atoms with E-state index in [1.165, 1.54) is 18.2 Å². The molecule has 0 atom stereocenters. The van der Waals surface area contributed by atoms with Gasteiger partial charge in [0.25, 0.3) is 5.91 Å². The number of amides is 1. The number of nitrogens with one attached hydrogen (secondary N) is 1. The highest BCUT2D eigenvalue weighted by atomic mass is 35.5. The molecule has 0 bridgehead atoms. The Labute approximate surface area is 114 Å². The van der Waals surface area contributed by atoms with Crippen LogP contribution >= 0.6 is 11.6 Å². The van der Waals surface area contributed by atoms with E-state index in [1.54, 1.807) is 19.1 Å². The Morgan fingerprint density at radius 1 is 1.21 bits per heavy atom. The van der Waals surface area contributed by atoms with Crippen LogP contribution in [0.4, 0.5) is 14.5 Å². The van der Waals surface area contributed by atoms with Gasteiger partial charge in [0, 0.05) is 5.69 Å². The number of hydrogen-bond donors (Lipinski definition) is 1. The Balaban J connectivity index is 2.26. The van der Waals surface area contributed by atoms with Gasteiger partial charge in [0.15, 0.2) is 0 Å². The highest BCUT2D eigenvalue weighted by Crippen LogP contribution is 2.20. The maximum atomic E-state index is 13.7. The number of hydrogen-bond acceptors (Lipinski definition) is 1. The lowest BCUT2D eigenvalue weighted by Crippen LogP contribution is -2.14. The molecule has 0 saturated heterocycles. The molecule has 0 heterocycles. The molecular formula is C14H10ClF2NO. The minimum Gasteiger partial charge on any atom is -0.322 e. The second kappa shape index (κ2) is 5.36. The van der Waals surface area contributed by atoms with Gasteiger partial charge < -0.3 is 5.32 Å². The molecule has 5 heteroatoms. The van der Waals surface area contributed by atoms with Gasteiger partial charge in [-0.05, 0) is 36.8 Å². The second-order valence-corrected chi connectivity index (χ2v) is 4.43. The van der Waals surface area contributed by atoms with E-state index < -0.39 is 17.5 Å². The first-order valence-electron chi connectivity index (χ1n) is 5.50. The zero-order valence-corrected chi connectivity index (χ0v) is 10.8. The number of halogens is 3. The Hall–Kier alpha value is -1.94. The van der Waals surface area contributed by atoms with Crippen molar-refractivity contribution in [1.29, 1.82) is 0 Å². The van der Waals surface area contributed by atoms with Gasteiger partial charge in [-0.3, -0.25) is 4.79 Å². The minimum absolute atomic E-state index is 0.0419. The van der Waals surface area contributed by atoms with E-state index in [-0.39, 0.29) is 16.3 Å².